The minimum atomic E-state index is -0.865. The second-order valence-electron chi connectivity index (χ2n) is 4.46. The molecule has 0 radical (unpaired) electrons. The summed E-state index contributed by atoms with van der Waals surface area (Å²) in [6.07, 6.45) is 1.75. The Morgan fingerprint density at radius 2 is 2.19 bits per heavy atom. The van der Waals surface area contributed by atoms with Gasteiger partial charge in [-0.15, -0.1) is 11.3 Å². The van der Waals surface area contributed by atoms with Crippen LogP contribution < -0.4 is 0 Å². The molecule has 21 heavy (non-hydrogen) atoms. The largest absolute Gasteiger partial charge is 0.480 e. The van der Waals surface area contributed by atoms with Crippen LogP contribution in [0.25, 0.3) is 22.0 Å². The first-order valence-electron chi connectivity index (χ1n) is 6.22. The molecule has 2 heterocycles. The number of rotatable bonds is 4. The number of benzene rings is 1. The summed E-state index contributed by atoms with van der Waals surface area (Å²) in [5.41, 5.74) is 2.74. The maximum Gasteiger partial charge on any atom is 0.323 e. The third-order valence-electron chi connectivity index (χ3n) is 2.98. The van der Waals surface area contributed by atoms with E-state index < -0.39 is 5.97 Å². The third kappa shape index (κ3) is 3.06. The fourth-order valence-corrected chi connectivity index (χ4v) is 3.33. The minimum absolute atomic E-state index is 0.0614. The van der Waals surface area contributed by atoms with Gasteiger partial charge in [-0.1, -0.05) is 28.1 Å². The average molecular weight is 363 g/mol. The van der Waals surface area contributed by atoms with Gasteiger partial charge in [-0.05, 0) is 24.3 Å². The predicted molar refractivity (Wildman–Crippen MR) is 86.3 cm³/mol. The summed E-state index contributed by atoms with van der Waals surface area (Å²) >= 11 is 4.96. The maximum absolute atomic E-state index is 10.9. The Morgan fingerprint density at radius 3 is 2.95 bits per heavy atom. The van der Waals surface area contributed by atoms with E-state index in [0.717, 1.165) is 26.4 Å². The van der Waals surface area contributed by atoms with E-state index >= 15 is 0 Å². The average Bonchev–Trinajstić information content (AvgIpc) is 3.06. The fourth-order valence-electron chi connectivity index (χ4n) is 2.06. The van der Waals surface area contributed by atoms with Crippen molar-refractivity contribution in [3.8, 4) is 22.0 Å². The molecule has 0 bridgehead atoms. The van der Waals surface area contributed by atoms with Crippen LogP contribution in [0.4, 0.5) is 0 Å². The lowest BCUT2D eigenvalue weighted by Crippen LogP contribution is -2.08. The summed E-state index contributed by atoms with van der Waals surface area (Å²) in [7, 11) is 0. The second-order valence-corrected chi connectivity index (χ2v) is 6.24. The van der Waals surface area contributed by atoms with Crippen molar-refractivity contribution in [3.63, 3.8) is 0 Å². The van der Waals surface area contributed by atoms with E-state index in [4.69, 9.17) is 5.11 Å². The van der Waals surface area contributed by atoms with Crippen molar-refractivity contribution in [3.05, 3.63) is 52.4 Å². The van der Waals surface area contributed by atoms with Gasteiger partial charge in [0.05, 0.1) is 11.4 Å². The van der Waals surface area contributed by atoms with Crippen molar-refractivity contribution in [1.82, 2.24) is 9.55 Å². The Morgan fingerprint density at radius 1 is 1.33 bits per heavy atom. The lowest BCUT2D eigenvalue weighted by atomic mass is 10.2. The van der Waals surface area contributed by atoms with Gasteiger partial charge in [-0.25, -0.2) is 4.98 Å². The van der Waals surface area contributed by atoms with Gasteiger partial charge in [-0.3, -0.25) is 4.79 Å². The van der Waals surface area contributed by atoms with Crippen molar-refractivity contribution in [2.45, 2.75) is 6.54 Å². The zero-order valence-corrected chi connectivity index (χ0v) is 13.3. The molecule has 0 unspecified atom stereocenters. The van der Waals surface area contributed by atoms with E-state index in [-0.39, 0.29) is 6.54 Å². The number of aromatic nitrogens is 2. The molecule has 0 saturated carbocycles. The number of hydrogen-bond acceptors (Lipinski definition) is 3. The molecule has 0 aliphatic heterocycles. The van der Waals surface area contributed by atoms with Gasteiger partial charge in [0.25, 0.3) is 0 Å². The summed E-state index contributed by atoms with van der Waals surface area (Å²) in [5, 5.41) is 11.7. The van der Waals surface area contributed by atoms with Gasteiger partial charge in [0.2, 0.25) is 0 Å². The van der Waals surface area contributed by atoms with Crippen molar-refractivity contribution >= 4 is 33.2 Å². The first-order valence-corrected chi connectivity index (χ1v) is 7.89. The van der Waals surface area contributed by atoms with Crippen LogP contribution in [0.3, 0.4) is 0 Å². The normalized spacial score (nSPS) is 10.7. The Hall–Kier alpha value is -1.92. The van der Waals surface area contributed by atoms with Crippen molar-refractivity contribution in [2.75, 3.05) is 0 Å². The van der Waals surface area contributed by atoms with E-state index in [1.807, 2.05) is 41.8 Å². The van der Waals surface area contributed by atoms with Gasteiger partial charge in [0.15, 0.2) is 0 Å². The van der Waals surface area contributed by atoms with Crippen LogP contribution in [0.1, 0.15) is 0 Å². The number of hydrogen-bond donors (Lipinski definition) is 1. The molecule has 106 valence electrons. The van der Waals surface area contributed by atoms with Gasteiger partial charge in [-0.2, -0.15) is 0 Å². The maximum atomic E-state index is 10.9. The lowest BCUT2D eigenvalue weighted by Gasteiger charge is -2.03. The third-order valence-corrected chi connectivity index (χ3v) is 4.34. The topological polar surface area (TPSA) is 55.1 Å². The highest BCUT2D eigenvalue weighted by Gasteiger charge is 2.12. The molecular weight excluding hydrogens is 352 g/mol. The van der Waals surface area contributed by atoms with Crippen molar-refractivity contribution < 1.29 is 9.90 Å². The van der Waals surface area contributed by atoms with Crippen LogP contribution in [0.2, 0.25) is 0 Å². The molecule has 1 N–H and O–H groups in total. The van der Waals surface area contributed by atoms with Crippen molar-refractivity contribution in [2.24, 2.45) is 0 Å². The van der Waals surface area contributed by atoms with E-state index in [1.165, 1.54) is 11.3 Å². The second kappa shape index (κ2) is 5.83. The van der Waals surface area contributed by atoms with Crippen LogP contribution >= 0.6 is 27.3 Å². The Kier molecular flexibility index (Phi) is 3.90. The zero-order valence-electron chi connectivity index (χ0n) is 10.9. The van der Waals surface area contributed by atoms with Gasteiger partial charge in [0, 0.05) is 21.6 Å². The standard InChI is InChI=1S/C15H11BrN2O2S/c16-11-4-1-3-10(7-11)12-9-21-15(17-12)13-5-2-6-18(13)8-14(19)20/h1-7,9H,8H2,(H,19,20). The number of carbonyl (C=O) groups is 1. The summed E-state index contributed by atoms with van der Waals surface area (Å²) < 4.78 is 2.69. The quantitative estimate of drug-likeness (QED) is 0.759. The van der Waals surface area contributed by atoms with Gasteiger partial charge < -0.3 is 9.67 Å². The van der Waals surface area contributed by atoms with Crippen LogP contribution in [0.5, 0.6) is 0 Å². The first-order chi connectivity index (χ1) is 10.1. The molecule has 2 aromatic heterocycles. The first kappa shape index (κ1) is 14.0. The van der Waals surface area contributed by atoms with Gasteiger partial charge >= 0.3 is 5.97 Å². The summed E-state index contributed by atoms with van der Waals surface area (Å²) in [6, 6.07) is 11.7. The van der Waals surface area contributed by atoms with Crippen LogP contribution in [0, 0.1) is 0 Å². The lowest BCUT2D eigenvalue weighted by molar-refractivity contribution is -0.137. The molecule has 6 heteroatoms. The van der Waals surface area contributed by atoms with E-state index in [2.05, 4.69) is 20.9 Å². The number of thiazole rings is 1. The Labute approximate surface area is 133 Å². The highest BCUT2D eigenvalue weighted by atomic mass is 79.9. The molecule has 4 nitrogen and oxygen atoms in total. The highest BCUT2D eigenvalue weighted by molar-refractivity contribution is 9.10. The smallest absolute Gasteiger partial charge is 0.323 e. The molecule has 1 aromatic carbocycles. The summed E-state index contributed by atoms with van der Waals surface area (Å²) in [6.45, 7) is -0.0614. The molecule has 0 spiro atoms. The molecule has 0 amide bonds. The van der Waals surface area contributed by atoms with E-state index in [0.29, 0.717) is 0 Å². The number of nitrogens with zero attached hydrogens (tertiary/aromatic N) is 2. The van der Waals surface area contributed by atoms with E-state index in [1.54, 1.807) is 10.8 Å². The van der Waals surface area contributed by atoms with E-state index in [9.17, 15) is 4.79 Å². The summed E-state index contributed by atoms with van der Waals surface area (Å²) in [5.74, 6) is -0.865. The minimum Gasteiger partial charge on any atom is -0.480 e. The molecule has 0 aliphatic rings. The number of carboxylic acid groups (broad SMARTS) is 1. The number of halogens is 1. The summed E-state index contributed by atoms with van der Waals surface area (Å²) in [4.78, 5) is 15.5. The molecule has 0 fully saturated rings. The molecule has 0 atom stereocenters. The van der Waals surface area contributed by atoms with Gasteiger partial charge in [0.1, 0.15) is 11.6 Å². The molecule has 0 aliphatic carbocycles. The van der Waals surface area contributed by atoms with Crippen LogP contribution in [-0.4, -0.2) is 20.6 Å². The van der Waals surface area contributed by atoms with Crippen LogP contribution in [0.15, 0.2) is 52.4 Å². The Bertz CT molecular complexity index is 794. The van der Waals surface area contributed by atoms with Crippen molar-refractivity contribution in [1.29, 1.82) is 0 Å². The number of aliphatic carboxylic acids is 1. The predicted octanol–water partition coefficient (Wildman–Crippen LogP) is 4.13. The molecular formula is C15H11BrN2O2S. The SMILES string of the molecule is O=C(O)Cn1cccc1-c1nc(-c2cccc(Br)c2)cs1. The monoisotopic (exact) mass is 362 g/mol. The highest BCUT2D eigenvalue weighted by Crippen LogP contribution is 2.30. The molecule has 3 rings (SSSR count). The fraction of sp³-hybridized carbons (Fsp3) is 0.0667. The number of carboxylic acids is 1. The molecule has 3 aromatic rings. The zero-order chi connectivity index (χ0) is 14.8. The van der Waals surface area contributed by atoms with Crippen LogP contribution in [-0.2, 0) is 11.3 Å². The molecule has 0 saturated heterocycles. The Balaban J connectivity index is 1.95.